The van der Waals surface area contributed by atoms with Gasteiger partial charge in [-0.1, -0.05) is 48.5 Å². The van der Waals surface area contributed by atoms with Gasteiger partial charge in [-0.25, -0.2) is 13.8 Å². The Morgan fingerprint density at radius 1 is 0.936 bits per heavy atom. The summed E-state index contributed by atoms with van der Waals surface area (Å²) in [6, 6.07) is 18.4. The molecule has 0 saturated carbocycles. The number of quaternary nitrogens is 1. The minimum Gasteiger partial charge on any atom is -0.345 e. The number of imidazole rings is 1. The molecule has 0 radical (unpaired) electrons. The third-order valence-electron chi connectivity index (χ3n) is 8.83. The monoisotopic (exact) mass is 648 g/mol. The van der Waals surface area contributed by atoms with Crippen LogP contribution in [0.15, 0.2) is 66.7 Å². The number of nitrogens with zero attached hydrogens (tertiary/aromatic N) is 3. The number of para-hydroxylation sites is 2. The lowest BCUT2D eigenvalue weighted by atomic mass is 9.99. The van der Waals surface area contributed by atoms with Gasteiger partial charge in [0.05, 0.1) is 56.2 Å². The molecule has 0 saturated heterocycles. The molecule has 0 aliphatic carbocycles. The van der Waals surface area contributed by atoms with Gasteiger partial charge in [0.15, 0.2) is 17.4 Å². The highest BCUT2D eigenvalue weighted by Gasteiger charge is 2.27. The number of likely N-dealkylation sites (N-methyl/N-ethyl adjacent to an activating group) is 1. The number of halogens is 2. The third kappa shape index (κ3) is 9.74. The maximum atomic E-state index is 14.3. The molecule has 252 valence electrons. The van der Waals surface area contributed by atoms with Gasteiger partial charge >= 0.3 is 0 Å². The van der Waals surface area contributed by atoms with Crippen LogP contribution in [0.25, 0.3) is 11.0 Å². The van der Waals surface area contributed by atoms with Crippen molar-refractivity contribution >= 4 is 22.7 Å². The number of Topliss-reactive ketones (excluding diaryl/α,β-unsaturated/α-hetero) is 1. The van der Waals surface area contributed by atoms with Crippen LogP contribution < -0.4 is 22.5 Å². The molecule has 47 heavy (non-hydrogen) atoms. The number of hydrogen-bond acceptors (Lipinski definition) is 6. The van der Waals surface area contributed by atoms with Gasteiger partial charge < -0.3 is 31.6 Å². The molecule has 11 heteroatoms. The van der Waals surface area contributed by atoms with Crippen molar-refractivity contribution in [3.05, 3.63) is 101 Å². The molecule has 0 aliphatic heterocycles. The van der Waals surface area contributed by atoms with E-state index in [1.165, 1.54) is 13.0 Å². The number of rotatable bonds is 18. The fourth-order valence-electron chi connectivity index (χ4n) is 6.12. The third-order valence-corrected chi connectivity index (χ3v) is 8.83. The predicted octanol–water partition coefficient (Wildman–Crippen LogP) is 3.37. The zero-order valence-electron chi connectivity index (χ0n) is 27.4. The number of carbonyl (C=O) groups excluding carboxylic acids is 2. The van der Waals surface area contributed by atoms with Crippen LogP contribution in [-0.4, -0.2) is 77.6 Å². The number of fused-ring (bicyclic) bond motifs is 1. The molecule has 0 spiro atoms. The van der Waals surface area contributed by atoms with E-state index in [4.69, 9.17) is 22.2 Å². The summed E-state index contributed by atoms with van der Waals surface area (Å²) in [6.07, 6.45) is 2.05. The average molecular weight is 649 g/mol. The van der Waals surface area contributed by atoms with Crippen molar-refractivity contribution in [2.45, 2.75) is 57.7 Å². The van der Waals surface area contributed by atoms with Crippen molar-refractivity contribution in [2.75, 3.05) is 39.8 Å². The first-order valence-electron chi connectivity index (χ1n) is 16.3. The molecule has 0 bridgehead atoms. The number of nitrogens with two attached hydrogens (primary N) is 3. The van der Waals surface area contributed by atoms with Gasteiger partial charge in [-0.3, -0.25) is 9.59 Å². The second-order valence-electron chi connectivity index (χ2n) is 12.7. The quantitative estimate of drug-likeness (QED) is 0.122. The van der Waals surface area contributed by atoms with E-state index in [1.54, 1.807) is 6.07 Å². The van der Waals surface area contributed by atoms with Gasteiger partial charge in [-0.05, 0) is 67.5 Å². The minimum absolute atomic E-state index is 0.0691. The van der Waals surface area contributed by atoms with E-state index in [2.05, 4.69) is 12.4 Å². The number of aryl methyl sites for hydroxylation is 2. The van der Waals surface area contributed by atoms with Gasteiger partial charge in [-0.15, -0.1) is 0 Å². The topological polar surface area (TPSA) is 142 Å². The lowest BCUT2D eigenvalue weighted by Gasteiger charge is -2.34. The summed E-state index contributed by atoms with van der Waals surface area (Å²) in [4.78, 5) is 32.1. The Kier molecular flexibility index (Phi) is 12.7. The Hall–Kier alpha value is -4.03. The summed E-state index contributed by atoms with van der Waals surface area (Å²) in [5.74, 6) is -1.93. The van der Waals surface area contributed by atoms with E-state index in [0.717, 1.165) is 30.7 Å². The molecule has 0 fully saturated rings. The molecule has 0 unspecified atom stereocenters. The Balaban J connectivity index is 1.52. The minimum atomic E-state index is -0.926. The van der Waals surface area contributed by atoms with E-state index < -0.39 is 23.7 Å². The molecule has 4 rings (SSSR count). The number of nitrogens with one attached hydrogen (secondary N) is 1. The lowest BCUT2D eigenvalue weighted by Crippen LogP contribution is -2.52. The summed E-state index contributed by atoms with van der Waals surface area (Å²) in [7, 11) is 2.10. The molecule has 4 aromatic rings. The van der Waals surface area contributed by atoms with Crippen LogP contribution in [0.1, 0.15) is 41.8 Å². The van der Waals surface area contributed by atoms with Crippen LogP contribution >= 0.6 is 0 Å². The summed E-state index contributed by atoms with van der Waals surface area (Å²) in [5.41, 5.74) is 21.2. The van der Waals surface area contributed by atoms with E-state index in [1.807, 2.05) is 59.2 Å². The standard InChI is InChI=1S/C36H47F2N7O2/c1-25-21-27(22-28(37)35(25)38)24-44-32-13-7-6-12-30(32)42-34(44)23-33(46)31(15-14-26-9-4-3-5-10-26)43-36(47)29(41)11-8-18-45(2,19-16-39)20-17-40/h3-7,9-10,12-13,21-22,29,31H,8,11,14-20,23-24,39-41H2,1-2H3/p+1/t29-,31+/m0/s1. The van der Waals surface area contributed by atoms with Crippen LogP contribution in [0.4, 0.5) is 8.78 Å². The molecule has 1 amide bonds. The summed E-state index contributed by atoms with van der Waals surface area (Å²) in [6.45, 7) is 5.16. The fourth-order valence-corrected chi connectivity index (χ4v) is 6.12. The van der Waals surface area contributed by atoms with Crippen LogP contribution in [0.5, 0.6) is 0 Å². The van der Waals surface area contributed by atoms with Crippen molar-refractivity contribution in [1.29, 1.82) is 0 Å². The van der Waals surface area contributed by atoms with E-state index in [0.29, 0.717) is 60.2 Å². The molecular formula is C36H48F2N7O2+. The van der Waals surface area contributed by atoms with Gasteiger partial charge in [0.25, 0.3) is 0 Å². The van der Waals surface area contributed by atoms with Gasteiger partial charge in [0, 0.05) is 19.6 Å². The number of amides is 1. The van der Waals surface area contributed by atoms with Crippen molar-refractivity contribution in [3.63, 3.8) is 0 Å². The molecule has 2 atom stereocenters. The van der Waals surface area contributed by atoms with Crippen LogP contribution in [0.3, 0.4) is 0 Å². The first-order chi connectivity index (χ1) is 22.5. The Bertz CT molecular complexity index is 1610. The normalized spacial score (nSPS) is 13.1. The second-order valence-corrected chi connectivity index (χ2v) is 12.7. The maximum Gasteiger partial charge on any atom is 0.237 e. The lowest BCUT2D eigenvalue weighted by molar-refractivity contribution is -0.907. The number of hydrogen-bond donors (Lipinski definition) is 4. The van der Waals surface area contributed by atoms with Gasteiger partial charge in [-0.2, -0.15) is 0 Å². The number of ketones is 1. The molecule has 3 aromatic carbocycles. The molecule has 7 N–H and O–H groups in total. The van der Waals surface area contributed by atoms with Gasteiger partial charge in [0.2, 0.25) is 5.91 Å². The molecule has 1 aromatic heterocycles. The zero-order valence-corrected chi connectivity index (χ0v) is 27.4. The molecule has 9 nitrogen and oxygen atoms in total. The largest absolute Gasteiger partial charge is 0.345 e. The number of carbonyl (C=O) groups is 2. The Morgan fingerprint density at radius 2 is 1.62 bits per heavy atom. The highest BCUT2D eigenvalue weighted by molar-refractivity contribution is 5.92. The van der Waals surface area contributed by atoms with Crippen molar-refractivity contribution in [2.24, 2.45) is 17.2 Å². The molecule has 1 heterocycles. The summed E-state index contributed by atoms with van der Waals surface area (Å²) < 4.78 is 30.9. The van der Waals surface area contributed by atoms with Crippen molar-refractivity contribution < 1.29 is 22.9 Å². The maximum absolute atomic E-state index is 14.3. The Labute approximate surface area is 275 Å². The number of aromatic nitrogens is 2. The predicted molar refractivity (Wildman–Crippen MR) is 181 cm³/mol. The second kappa shape index (κ2) is 16.7. The van der Waals surface area contributed by atoms with Crippen LogP contribution in [0, 0.1) is 18.6 Å². The van der Waals surface area contributed by atoms with Crippen molar-refractivity contribution in [3.8, 4) is 0 Å². The fraction of sp³-hybridized carbons (Fsp3) is 0.417. The smallest absolute Gasteiger partial charge is 0.237 e. The van der Waals surface area contributed by atoms with Gasteiger partial charge in [0.1, 0.15) is 5.82 Å². The Morgan fingerprint density at radius 3 is 2.30 bits per heavy atom. The van der Waals surface area contributed by atoms with E-state index >= 15 is 0 Å². The summed E-state index contributed by atoms with van der Waals surface area (Å²) in [5, 5.41) is 2.94. The van der Waals surface area contributed by atoms with E-state index in [9.17, 15) is 18.4 Å². The van der Waals surface area contributed by atoms with E-state index in [-0.39, 0.29) is 30.2 Å². The highest BCUT2D eigenvalue weighted by atomic mass is 19.2. The van der Waals surface area contributed by atoms with Crippen LogP contribution in [-0.2, 0) is 29.0 Å². The van der Waals surface area contributed by atoms with Crippen molar-refractivity contribution in [1.82, 2.24) is 14.9 Å². The first-order valence-corrected chi connectivity index (χ1v) is 16.3. The van der Waals surface area contributed by atoms with Crippen LogP contribution in [0.2, 0.25) is 0 Å². The summed E-state index contributed by atoms with van der Waals surface area (Å²) >= 11 is 0. The SMILES string of the molecule is Cc1cc(Cn2c(CC(=O)[C@@H](CCc3ccccc3)NC(=O)[C@@H](N)CCC[N+](C)(CCN)CCN)nc3ccccc32)cc(F)c1F. The number of benzene rings is 3. The first kappa shape index (κ1) is 35.8. The zero-order chi connectivity index (χ0) is 34.0. The molecule has 0 aliphatic rings. The highest BCUT2D eigenvalue weighted by Crippen LogP contribution is 2.22. The molecular weight excluding hydrogens is 600 g/mol. The average Bonchev–Trinajstić information content (AvgIpc) is 3.38.